The minimum atomic E-state index is -2.78. The van der Waals surface area contributed by atoms with Crippen LogP contribution < -0.4 is 0 Å². The molecule has 0 amide bonds. The molecule has 0 N–H and O–H groups in total. The zero-order valence-corrected chi connectivity index (χ0v) is 29.4. The minimum Gasteiger partial charge on any atom is -0.397 e. The molecule has 0 aliphatic rings. The fourth-order valence-electron chi connectivity index (χ4n) is 4.30. The quantitative estimate of drug-likeness (QED) is 0.136. The first-order valence-electron chi connectivity index (χ1n) is 13.0. The number of Topliss-reactive ketones (excluding diaryl/α,β-unsaturated/α-hetero) is 4. The van der Waals surface area contributed by atoms with Crippen LogP contribution in [0.15, 0.2) is 0 Å². The summed E-state index contributed by atoms with van der Waals surface area (Å²) in [5.74, 6) is -0.765. The van der Waals surface area contributed by atoms with Gasteiger partial charge in [-0.05, 0) is 25.9 Å². The van der Waals surface area contributed by atoms with Crippen molar-refractivity contribution in [3.05, 3.63) is 0 Å². The molecule has 0 bridgehead atoms. The number of hydrogen-bond acceptors (Lipinski definition) is 8. The smallest absolute Gasteiger partial charge is 0.397 e. The first kappa shape index (κ1) is 41.1. The van der Waals surface area contributed by atoms with Crippen LogP contribution in [0.1, 0.15) is 81.1 Å². The van der Waals surface area contributed by atoms with Crippen molar-refractivity contribution in [3.63, 3.8) is 0 Å². The van der Waals surface area contributed by atoms with Gasteiger partial charge in [0.2, 0.25) is 0 Å². The van der Waals surface area contributed by atoms with Gasteiger partial charge in [0.15, 0.2) is 0 Å². The van der Waals surface area contributed by atoms with E-state index in [4.69, 9.17) is 17.7 Å². The van der Waals surface area contributed by atoms with E-state index in [1.54, 1.807) is 28.4 Å². The van der Waals surface area contributed by atoms with Crippen LogP contribution in [0.3, 0.4) is 0 Å². The second kappa shape index (κ2) is 20.5. The van der Waals surface area contributed by atoms with E-state index in [0.29, 0.717) is 12.1 Å². The number of rotatable bonds is 18. The third-order valence-corrected chi connectivity index (χ3v) is 14.5. The summed E-state index contributed by atoms with van der Waals surface area (Å²) >= 11 is 0. The van der Waals surface area contributed by atoms with E-state index in [1.807, 2.05) is 27.7 Å². The maximum Gasteiger partial charge on any atom is 2.00 e. The molecule has 8 nitrogen and oxygen atoms in total. The summed E-state index contributed by atoms with van der Waals surface area (Å²) in [6.45, 7) is 14.3. The van der Waals surface area contributed by atoms with Gasteiger partial charge in [0.1, 0.15) is 34.2 Å². The summed E-state index contributed by atoms with van der Waals surface area (Å²) in [7, 11) is 0.638. The maximum atomic E-state index is 12.3. The van der Waals surface area contributed by atoms with Crippen molar-refractivity contribution in [2.75, 3.05) is 28.4 Å². The fraction of sp³-hybridized carbons (Fsp3) is 0.846. The normalized spacial score (nSPS) is 13.4. The molecular formula is C26H52O8PtSi2+2. The second-order valence-electron chi connectivity index (χ2n) is 9.85. The molecule has 11 heteroatoms. The van der Waals surface area contributed by atoms with Crippen molar-refractivity contribution in [2.24, 2.45) is 11.8 Å². The molecule has 0 rings (SSSR count). The van der Waals surface area contributed by atoms with Gasteiger partial charge in [0.25, 0.3) is 0 Å². The molecule has 2 unspecified atom stereocenters. The van der Waals surface area contributed by atoms with Gasteiger partial charge in [-0.1, -0.05) is 67.2 Å². The third-order valence-electron chi connectivity index (χ3n) is 6.54. The molecule has 0 aliphatic heterocycles. The van der Waals surface area contributed by atoms with Crippen molar-refractivity contribution in [1.82, 2.24) is 0 Å². The Morgan fingerprint density at radius 3 is 0.973 bits per heavy atom. The number of hydrogen-bond donors (Lipinski definition) is 0. The van der Waals surface area contributed by atoms with Gasteiger partial charge < -0.3 is 17.7 Å². The van der Waals surface area contributed by atoms with Crippen LogP contribution in [-0.4, -0.2) is 68.7 Å². The Bertz CT molecular complexity index is 634. The van der Waals surface area contributed by atoms with E-state index in [-0.39, 0.29) is 56.0 Å². The van der Waals surface area contributed by atoms with E-state index in [2.05, 4.69) is 13.8 Å². The van der Waals surface area contributed by atoms with Crippen molar-refractivity contribution >= 4 is 40.3 Å². The van der Waals surface area contributed by atoms with Crippen molar-refractivity contribution < 1.29 is 57.9 Å². The summed E-state index contributed by atoms with van der Waals surface area (Å²) in [6.07, 6.45) is 3.79. The molecular weight excluding hydrogens is 692 g/mol. The second-order valence-corrected chi connectivity index (χ2v) is 16.9. The van der Waals surface area contributed by atoms with E-state index in [1.165, 1.54) is 13.8 Å². The van der Waals surface area contributed by atoms with Crippen molar-refractivity contribution in [1.29, 1.82) is 0 Å². The molecule has 0 aromatic heterocycles. The van der Waals surface area contributed by atoms with E-state index in [9.17, 15) is 19.2 Å². The van der Waals surface area contributed by atoms with Gasteiger partial charge >= 0.3 is 38.2 Å². The molecule has 0 saturated heterocycles. The van der Waals surface area contributed by atoms with Crippen LogP contribution in [-0.2, 0) is 57.9 Å². The molecule has 220 valence electrons. The first-order valence-corrected chi connectivity index (χ1v) is 17.2. The first-order chi connectivity index (χ1) is 16.7. The number of carbonyl (C=O) groups is 4. The van der Waals surface area contributed by atoms with E-state index < -0.39 is 28.2 Å². The Kier molecular flexibility index (Phi) is 22.8. The molecule has 37 heavy (non-hydrogen) atoms. The monoisotopic (exact) mass is 743 g/mol. The Balaban J connectivity index is -0.000000608. The summed E-state index contributed by atoms with van der Waals surface area (Å²) < 4.78 is 22.2. The van der Waals surface area contributed by atoms with Gasteiger partial charge in [0, 0.05) is 40.3 Å². The average molecular weight is 744 g/mol. The van der Waals surface area contributed by atoms with Gasteiger partial charge in [-0.2, -0.15) is 0 Å². The van der Waals surface area contributed by atoms with Crippen LogP contribution in [0.2, 0.25) is 23.2 Å². The molecule has 0 fully saturated rings. The third kappa shape index (κ3) is 12.1. The average Bonchev–Trinajstić information content (AvgIpc) is 2.83. The summed E-state index contributed by atoms with van der Waals surface area (Å²) in [5, 5.41) is 0. The zero-order chi connectivity index (χ0) is 28.7. The summed E-state index contributed by atoms with van der Waals surface area (Å²) in [4.78, 5) is 48.3. The van der Waals surface area contributed by atoms with E-state index in [0.717, 1.165) is 25.7 Å². The summed E-state index contributed by atoms with van der Waals surface area (Å²) in [5.41, 5.74) is -1.42. The molecule has 0 saturated carbocycles. The molecule has 0 radical (unpaired) electrons. The van der Waals surface area contributed by atoms with Gasteiger partial charge in [0.05, 0.1) is 0 Å². The minimum absolute atomic E-state index is 0. The van der Waals surface area contributed by atoms with Crippen molar-refractivity contribution in [3.8, 4) is 0 Å². The number of unbranched alkanes of at least 4 members (excludes halogenated alkanes) is 2. The predicted octanol–water partition coefficient (Wildman–Crippen LogP) is 5.41. The SMILES string of the molecule is CCCC[Si](OC)(OC)C(C(C)=O)C(=O)C(C)C.CCCC[Si](OC)(OC)C(C(C)=O)C(=O)C(C)C.[Pt+2]. The molecule has 2 atom stereocenters. The Hall–Kier alpha value is -0.358. The topological polar surface area (TPSA) is 105 Å². The Morgan fingerprint density at radius 1 is 0.595 bits per heavy atom. The Morgan fingerprint density at radius 2 is 0.838 bits per heavy atom. The fourth-order valence-corrected chi connectivity index (χ4v) is 11.4. The molecule has 0 heterocycles. The van der Waals surface area contributed by atoms with E-state index >= 15 is 0 Å². The molecule has 0 aromatic rings. The van der Waals surface area contributed by atoms with Crippen LogP contribution in [0, 0.1) is 11.8 Å². The van der Waals surface area contributed by atoms with Crippen molar-refractivity contribution in [2.45, 2.75) is 104 Å². The largest absolute Gasteiger partial charge is 2.00 e. The molecule has 0 aliphatic carbocycles. The van der Waals surface area contributed by atoms with Crippen LogP contribution >= 0.6 is 0 Å². The Labute approximate surface area is 242 Å². The maximum absolute atomic E-state index is 12.3. The van der Waals surface area contributed by atoms with Crippen LogP contribution in [0.4, 0.5) is 0 Å². The number of carbonyl (C=O) groups excluding carboxylic acids is 4. The van der Waals surface area contributed by atoms with Gasteiger partial charge in [-0.15, -0.1) is 0 Å². The predicted molar refractivity (Wildman–Crippen MR) is 148 cm³/mol. The standard InChI is InChI=1S/2C13H26O4Si.Pt/c2*1-7-8-9-18(16-5,17-6)13(11(4)14)12(15)10(2)3;/h2*10,13H,7-9H2,1-6H3;/q;;+2. The van der Waals surface area contributed by atoms with Gasteiger partial charge in [-0.3, -0.25) is 19.2 Å². The molecule has 0 aromatic carbocycles. The summed E-state index contributed by atoms with van der Waals surface area (Å²) in [6, 6.07) is 1.36. The van der Waals surface area contributed by atoms with Gasteiger partial charge in [-0.25, -0.2) is 0 Å². The number of ketones is 4. The molecule has 0 spiro atoms. The van der Waals surface area contributed by atoms with Crippen LogP contribution in [0.5, 0.6) is 0 Å². The van der Waals surface area contributed by atoms with Crippen LogP contribution in [0.25, 0.3) is 0 Å². The zero-order valence-electron chi connectivity index (χ0n) is 25.1.